The Morgan fingerprint density at radius 2 is 2.00 bits per heavy atom. The van der Waals surface area contributed by atoms with Crippen molar-refractivity contribution in [3.8, 4) is 0 Å². The lowest BCUT2D eigenvalue weighted by Gasteiger charge is -1.86. The van der Waals surface area contributed by atoms with Gasteiger partial charge in [-0.1, -0.05) is 19.8 Å². The lowest BCUT2D eigenvalue weighted by atomic mass is 10.3. The average Bonchev–Trinajstić information content (AvgIpc) is 1.61. The third kappa shape index (κ3) is 3.96. The highest BCUT2D eigenvalue weighted by atomic mass is 14.5. The first-order chi connectivity index (χ1) is 2.91. The highest BCUT2D eigenvalue weighted by Crippen LogP contribution is 1.87. The Bertz CT molecular complexity index is 15.9. The molecule has 0 atom stereocenters. The summed E-state index contributed by atoms with van der Waals surface area (Å²) >= 11 is 0. The maximum absolute atomic E-state index is 5.19. The molecule has 0 aromatic carbocycles. The van der Waals surface area contributed by atoms with Gasteiger partial charge in [0.05, 0.1) is 0 Å². The lowest BCUT2D eigenvalue weighted by Crippen LogP contribution is -1.96. The molecule has 0 heterocycles. The fourth-order valence-electron chi connectivity index (χ4n) is 0.321. The molecule has 6 heavy (non-hydrogen) atoms. The molecule has 0 amide bonds. The summed E-state index contributed by atoms with van der Waals surface area (Å²) in [7, 11) is 0. The van der Waals surface area contributed by atoms with E-state index in [0.29, 0.717) is 0 Å². The third-order valence-corrected chi connectivity index (χ3v) is 0.704. The van der Waals surface area contributed by atoms with E-state index in [2.05, 4.69) is 6.92 Å². The zero-order chi connectivity index (χ0) is 4.83. The van der Waals surface area contributed by atoms with Crippen molar-refractivity contribution in [3.63, 3.8) is 0 Å². The number of hydrogen-bond acceptors (Lipinski definition) is 1. The summed E-state index contributed by atoms with van der Waals surface area (Å²) in [6, 6.07) is 0. The summed E-state index contributed by atoms with van der Waals surface area (Å²) in [4.78, 5) is 0. The van der Waals surface area contributed by atoms with Crippen molar-refractivity contribution in [1.82, 2.24) is 0 Å². The Hall–Kier alpha value is -0.0400. The lowest BCUT2D eigenvalue weighted by molar-refractivity contribution is 0.757. The second-order valence-electron chi connectivity index (χ2n) is 1.35. The van der Waals surface area contributed by atoms with Crippen LogP contribution in [0.25, 0.3) is 0 Å². The molecular weight excluding hydrogens is 74.1 g/mol. The van der Waals surface area contributed by atoms with E-state index in [4.69, 9.17) is 5.73 Å². The molecule has 0 aliphatic rings. The minimum Gasteiger partial charge on any atom is -0.330 e. The molecule has 0 spiro atoms. The molecule has 37 valence electrons. The van der Waals surface area contributed by atoms with E-state index >= 15 is 0 Å². The first kappa shape index (κ1) is 5.96. The van der Waals surface area contributed by atoms with Crippen LogP contribution in [0.15, 0.2) is 0 Å². The standard InChI is InChI=1S/C5H12N/c1-2-3-4-5-6/h1-6H2. The average molecular weight is 86.2 g/mol. The molecule has 0 aromatic heterocycles. The molecule has 0 rings (SSSR count). The molecule has 0 fully saturated rings. The summed E-state index contributed by atoms with van der Waals surface area (Å²) in [5.41, 5.74) is 5.19. The van der Waals surface area contributed by atoms with Crippen molar-refractivity contribution in [3.05, 3.63) is 6.92 Å². The maximum Gasteiger partial charge on any atom is -0.00773 e. The first-order valence-corrected chi connectivity index (χ1v) is 2.41. The van der Waals surface area contributed by atoms with Crippen molar-refractivity contribution in [1.29, 1.82) is 0 Å². The molecule has 0 saturated carbocycles. The predicted molar refractivity (Wildman–Crippen MR) is 28.3 cm³/mol. The van der Waals surface area contributed by atoms with Gasteiger partial charge >= 0.3 is 0 Å². The van der Waals surface area contributed by atoms with Gasteiger partial charge in [0, 0.05) is 0 Å². The Morgan fingerprint density at radius 1 is 1.33 bits per heavy atom. The van der Waals surface area contributed by atoms with Gasteiger partial charge in [0.25, 0.3) is 0 Å². The van der Waals surface area contributed by atoms with Crippen molar-refractivity contribution >= 4 is 0 Å². The summed E-state index contributed by atoms with van der Waals surface area (Å²) < 4.78 is 0. The third-order valence-electron chi connectivity index (χ3n) is 0.704. The van der Waals surface area contributed by atoms with Gasteiger partial charge in [0.15, 0.2) is 0 Å². The van der Waals surface area contributed by atoms with Gasteiger partial charge in [-0.15, -0.1) is 0 Å². The van der Waals surface area contributed by atoms with Crippen LogP contribution in [0.5, 0.6) is 0 Å². The molecular formula is C5H12N. The monoisotopic (exact) mass is 86.1 g/mol. The minimum absolute atomic E-state index is 0.815. The zero-order valence-electron chi connectivity index (χ0n) is 4.11. The van der Waals surface area contributed by atoms with Gasteiger partial charge in [-0.3, -0.25) is 0 Å². The summed E-state index contributed by atoms with van der Waals surface area (Å²) in [6.07, 6.45) is 3.33. The SMILES string of the molecule is [CH2]CCCCN. The highest BCUT2D eigenvalue weighted by Gasteiger charge is 1.75. The molecule has 0 aliphatic carbocycles. The first-order valence-electron chi connectivity index (χ1n) is 2.41. The molecule has 0 bridgehead atoms. The van der Waals surface area contributed by atoms with E-state index in [1.165, 1.54) is 6.42 Å². The van der Waals surface area contributed by atoms with Crippen LogP contribution in [-0.4, -0.2) is 6.54 Å². The van der Waals surface area contributed by atoms with E-state index in [1.807, 2.05) is 0 Å². The summed E-state index contributed by atoms with van der Waals surface area (Å²) in [5, 5.41) is 0. The van der Waals surface area contributed by atoms with E-state index in [9.17, 15) is 0 Å². The Kier molecular flexibility index (Phi) is 4.93. The molecule has 0 aromatic rings. The molecule has 2 N–H and O–H groups in total. The Morgan fingerprint density at radius 3 is 2.17 bits per heavy atom. The minimum atomic E-state index is 0.815. The van der Waals surface area contributed by atoms with Crippen molar-refractivity contribution in [2.75, 3.05) is 6.54 Å². The largest absolute Gasteiger partial charge is 0.330 e. The zero-order valence-corrected chi connectivity index (χ0v) is 4.11. The maximum atomic E-state index is 5.19. The predicted octanol–water partition coefficient (Wildman–Crippen LogP) is 0.949. The Balaban J connectivity index is 2.34. The highest BCUT2D eigenvalue weighted by molar-refractivity contribution is 4.41. The summed E-state index contributed by atoms with van der Waals surface area (Å²) in [5.74, 6) is 0. The van der Waals surface area contributed by atoms with Crippen LogP contribution in [0.1, 0.15) is 19.3 Å². The van der Waals surface area contributed by atoms with Crippen LogP contribution < -0.4 is 5.73 Å². The summed E-state index contributed by atoms with van der Waals surface area (Å²) in [6.45, 7) is 4.48. The molecule has 1 radical (unpaired) electrons. The van der Waals surface area contributed by atoms with Gasteiger partial charge in [0.2, 0.25) is 0 Å². The van der Waals surface area contributed by atoms with Crippen LogP contribution in [0.2, 0.25) is 0 Å². The molecule has 1 heteroatoms. The van der Waals surface area contributed by atoms with Gasteiger partial charge < -0.3 is 5.73 Å². The van der Waals surface area contributed by atoms with Crippen molar-refractivity contribution < 1.29 is 0 Å². The van der Waals surface area contributed by atoms with Crippen LogP contribution in [0.3, 0.4) is 0 Å². The van der Waals surface area contributed by atoms with E-state index in [0.717, 1.165) is 19.4 Å². The number of hydrogen-bond donors (Lipinski definition) is 1. The van der Waals surface area contributed by atoms with E-state index < -0.39 is 0 Å². The van der Waals surface area contributed by atoms with Crippen LogP contribution in [-0.2, 0) is 0 Å². The second-order valence-corrected chi connectivity index (χ2v) is 1.35. The van der Waals surface area contributed by atoms with E-state index in [1.54, 1.807) is 0 Å². The number of rotatable bonds is 3. The van der Waals surface area contributed by atoms with Crippen LogP contribution in [0.4, 0.5) is 0 Å². The number of nitrogens with two attached hydrogens (primary N) is 1. The fraction of sp³-hybridized carbons (Fsp3) is 0.800. The van der Waals surface area contributed by atoms with Gasteiger partial charge in [-0.25, -0.2) is 0 Å². The Labute approximate surface area is 39.5 Å². The van der Waals surface area contributed by atoms with E-state index in [-0.39, 0.29) is 0 Å². The van der Waals surface area contributed by atoms with Crippen molar-refractivity contribution in [2.24, 2.45) is 5.73 Å². The molecule has 0 aliphatic heterocycles. The van der Waals surface area contributed by atoms with Crippen molar-refractivity contribution in [2.45, 2.75) is 19.3 Å². The molecule has 0 unspecified atom stereocenters. The van der Waals surface area contributed by atoms with Gasteiger partial charge in [-0.2, -0.15) is 0 Å². The topological polar surface area (TPSA) is 26.0 Å². The normalized spacial score (nSPS) is 9.00. The van der Waals surface area contributed by atoms with Gasteiger partial charge in [0.1, 0.15) is 0 Å². The fourth-order valence-corrected chi connectivity index (χ4v) is 0.321. The second kappa shape index (κ2) is 4.96. The quantitative estimate of drug-likeness (QED) is 0.508. The van der Waals surface area contributed by atoms with Gasteiger partial charge in [-0.05, 0) is 13.0 Å². The molecule has 1 nitrogen and oxygen atoms in total. The smallest absolute Gasteiger partial charge is 0.00773 e. The van der Waals surface area contributed by atoms with Crippen LogP contribution in [0, 0.1) is 6.92 Å². The van der Waals surface area contributed by atoms with Crippen LogP contribution >= 0.6 is 0 Å². The molecule has 0 saturated heterocycles. The number of unbranched alkanes of at least 4 members (excludes halogenated alkanes) is 2.